The maximum Gasteiger partial charge on any atom is 0.197 e. The molecule has 2 aromatic heterocycles. The van der Waals surface area contributed by atoms with Crippen LogP contribution in [0.5, 0.6) is 0 Å². The number of benzene rings is 3. The van der Waals surface area contributed by atoms with E-state index in [4.69, 9.17) is 0 Å². The molecule has 3 aromatic carbocycles. The van der Waals surface area contributed by atoms with Gasteiger partial charge in [0.2, 0.25) is 0 Å². The summed E-state index contributed by atoms with van der Waals surface area (Å²) in [6.45, 7) is 8.75. The summed E-state index contributed by atoms with van der Waals surface area (Å²) in [4.78, 5) is 32.3. The lowest BCUT2D eigenvalue weighted by molar-refractivity contribution is 0.821. The molecule has 156 valence electrons. The van der Waals surface area contributed by atoms with Crippen LogP contribution in [-0.4, -0.2) is 22.6 Å². The van der Waals surface area contributed by atoms with Crippen LogP contribution in [0.15, 0.2) is 64.2 Å². The topological polar surface area (TPSA) is 58.1 Å². The summed E-state index contributed by atoms with van der Waals surface area (Å²) in [7, 11) is 0. The van der Waals surface area contributed by atoms with Gasteiger partial charge in [0.25, 0.3) is 0 Å². The van der Waals surface area contributed by atoms with E-state index in [1.165, 1.54) is 0 Å². The minimum atomic E-state index is -0.0112. The second kappa shape index (κ2) is 7.27. The molecule has 0 aliphatic heterocycles. The minimum Gasteiger partial charge on any atom is -0.372 e. The van der Waals surface area contributed by atoms with Gasteiger partial charge in [-0.15, -0.1) is 0 Å². The lowest BCUT2D eigenvalue weighted by atomic mass is 10.0. The third-order valence-corrected chi connectivity index (χ3v) is 6.32. The summed E-state index contributed by atoms with van der Waals surface area (Å²) in [5, 5.41) is 2.60. The Morgan fingerprint density at radius 1 is 0.742 bits per heavy atom. The smallest absolute Gasteiger partial charge is 0.197 e. The molecule has 0 radical (unpaired) electrons. The summed E-state index contributed by atoms with van der Waals surface area (Å²) < 4.78 is 2.11. The van der Waals surface area contributed by atoms with E-state index in [1.807, 2.05) is 54.6 Å². The molecule has 0 atom stereocenters. The molecule has 0 bridgehead atoms. The van der Waals surface area contributed by atoms with E-state index in [-0.39, 0.29) is 10.9 Å². The summed E-state index contributed by atoms with van der Waals surface area (Å²) in [5.74, 6) is 0. The number of anilines is 1. The number of hydrogen-bond donors (Lipinski definition) is 1. The maximum absolute atomic E-state index is 13.5. The van der Waals surface area contributed by atoms with Crippen LogP contribution in [0.3, 0.4) is 0 Å². The molecule has 31 heavy (non-hydrogen) atoms. The van der Waals surface area contributed by atoms with E-state index in [2.05, 4.69) is 35.2 Å². The van der Waals surface area contributed by atoms with Crippen LogP contribution in [0, 0.1) is 0 Å². The average molecular weight is 412 g/mol. The first kappa shape index (κ1) is 19.4. The molecule has 0 aliphatic carbocycles. The van der Waals surface area contributed by atoms with E-state index in [1.54, 1.807) is 0 Å². The van der Waals surface area contributed by atoms with Crippen molar-refractivity contribution in [3.8, 4) is 0 Å². The molecule has 2 heterocycles. The summed E-state index contributed by atoms with van der Waals surface area (Å²) in [6, 6.07) is 17.3. The van der Waals surface area contributed by atoms with Crippen LogP contribution >= 0.6 is 0 Å². The third-order valence-electron chi connectivity index (χ3n) is 6.32. The molecule has 0 aliphatic rings. The lowest BCUT2D eigenvalue weighted by Gasteiger charge is -2.21. The Labute approximate surface area is 179 Å². The zero-order valence-corrected chi connectivity index (χ0v) is 18.0. The van der Waals surface area contributed by atoms with Gasteiger partial charge < -0.3 is 14.5 Å². The zero-order valence-electron chi connectivity index (χ0n) is 18.0. The largest absolute Gasteiger partial charge is 0.372 e. The van der Waals surface area contributed by atoms with Gasteiger partial charge in [-0.05, 0) is 63.2 Å². The van der Waals surface area contributed by atoms with Crippen molar-refractivity contribution >= 4 is 49.3 Å². The number of nitrogens with one attached hydrogen (secondary N) is 1. The van der Waals surface area contributed by atoms with Gasteiger partial charge >= 0.3 is 0 Å². The number of pyridine rings is 2. The van der Waals surface area contributed by atoms with E-state index in [0.717, 1.165) is 35.3 Å². The molecule has 5 heteroatoms. The Hall–Kier alpha value is -3.60. The summed E-state index contributed by atoms with van der Waals surface area (Å²) in [5.41, 5.74) is 4.18. The Morgan fingerprint density at radius 2 is 1.45 bits per heavy atom. The molecule has 0 saturated carbocycles. The average Bonchev–Trinajstić information content (AvgIpc) is 2.80. The monoisotopic (exact) mass is 411 g/mol. The predicted molar refractivity (Wildman–Crippen MR) is 131 cm³/mol. The fraction of sp³-hybridized carbons (Fsp3) is 0.231. The summed E-state index contributed by atoms with van der Waals surface area (Å²) in [6.07, 6.45) is 0. The number of rotatable bonds is 4. The highest BCUT2D eigenvalue weighted by molar-refractivity contribution is 6.03. The maximum atomic E-state index is 13.5. The molecule has 0 unspecified atom stereocenters. The van der Waals surface area contributed by atoms with E-state index < -0.39 is 0 Å². The highest BCUT2D eigenvalue weighted by Gasteiger charge is 2.14. The Kier molecular flexibility index (Phi) is 4.54. The van der Waals surface area contributed by atoms with Crippen molar-refractivity contribution in [3.05, 3.63) is 75.0 Å². The molecule has 5 nitrogen and oxygen atoms in total. The molecule has 0 fully saturated rings. The molecular weight excluding hydrogens is 386 g/mol. The van der Waals surface area contributed by atoms with Crippen LogP contribution < -0.4 is 15.8 Å². The van der Waals surface area contributed by atoms with Crippen LogP contribution in [0.25, 0.3) is 43.6 Å². The Morgan fingerprint density at radius 3 is 2.19 bits per heavy atom. The van der Waals surface area contributed by atoms with Gasteiger partial charge in [0.15, 0.2) is 10.9 Å². The Bertz CT molecular complexity index is 1590. The van der Waals surface area contributed by atoms with Crippen LogP contribution in [0.4, 0.5) is 5.69 Å². The summed E-state index contributed by atoms with van der Waals surface area (Å²) >= 11 is 0. The van der Waals surface area contributed by atoms with Crippen molar-refractivity contribution in [1.29, 1.82) is 0 Å². The molecular formula is C26H25N3O2. The molecule has 1 N–H and O–H groups in total. The van der Waals surface area contributed by atoms with Gasteiger partial charge in [-0.1, -0.05) is 12.1 Å². The van der Waals surface area contributed by atoms with Gasteiger partial charge in [0, 0.05) is 52.4 Å². The van der Waals surface area contributed by atoms with Crippen molar-refractivity contribution < 1.29 is 0 Å². The van der Waals surface area contributed by atoms with Gasteiger partial charge in [0.05, 0.1) is 16.6 Å². The van der Waals surface area contributed by atoms with Crippen molar-refractivity contribution in [2.45, 2.75) is 27.3 Å². The van der Waals surface area contributed by atoms with Crippen molar-refractivity contribution in [3.63, 3.8) is 0 Å². The highest BCUT2D eigenvalue weighted by atomic mass is 16.1. The van der Waals surface area contributed by atoms with Crippen molar-refractivity contribution in [2.75, 3.05) is 18.0 Å². The number of fused-ring (bicyclic) bond motifs is 4. The van der Waals surface area contributed by atoms with Gasteiger partial charge in [-0.25, -0.2) is 0 Å². The van der Waals surface area contributed by atoms with E-state index in [0.29, 0.717) is 33.6 Å². The standard InChI is InChI=1S/C26H25N3O2/c1-4-28(5-2)16-11-12-21-18(13-16)26(31)19-15-24-20(14-22(19)27-21)25(30)17-9-7-8-10-23(17)29(24)6-3/h7-15H,4-6H2,1-3H3,(H,27,31). The molecule has 5 aromatic rings. The minimum absolute atomic E-state index is 0.00460. The molecule has 0 saturated heterocycles. The molecule has 0 amide bonds. The number of aromatic nitrogens is 2. The van der Waals surface area contributed by atoms with Crippen LogP contribution in [-0.2, 0) is 6.54 Å². The molecule has 5 rings (SSSR count). The van der Waals surface area contributed by atoms with Crippen molar-refractivity contribution in [1.82, 2.24) is 9.55 Å². The fourth-order valence-electron chi connectivity index (χ4n) is 4.71. The normalized spacial score (nSPS) is 11.7. The predicted octanol–water partition coefficient (Wildman–Crippen LogP) is 5.02. The highest BCUT2D eigenvalue weighted by Crippen LogP contribution is 2.26. The van der Waals surface area contributed by atoms with Crippen LogP contribution in [0.1, 0.15) is 20.8 Å². The van der Waals surface area contributed by atoms with Gasteiger partial charge in [-0.3, -0.25) is 9.59 Å². The number of nitrogens with zero attached hydrogens (tertiary/aromatic N) is 2. The fourth-order valence-corrected chi connectivity index (χ4v) is 4.71. The lowest BCUT2D eigenvalue weighted by Crippen LogP contribution is -2.22. The Balaban J connectivity index is 1.91. The van der Waals surface area contributed by atoms with E-state index in [9.17, 15) is 9.59 Å². The second-order valence-electron chi connectivity index (χ2n) is 7.86. The number of aromatic amines is 1. The first-order valence-electron chi connectivity index (χ1n) is 10.9. The van der Waals surface area contributed by atoms with Crippen molar-refractivity contribution in [2.24, 2.45) is 0 Å². The van der Waals surface area contributed by atoms with Crippen LogP contribution in [0.2, 0.25) is 0 Å². The third kappa shape index (κ3) is 2.84. The van der Waals surface area contributed by atoms with E-state index >= 15 is 0 Å². The SMILES string of the molecule is CCN(CC)c1ccc2[nH]c3cc4c(=O)c5ccccc5n(CC)c4cc3c(=O)c2c1. The first-order chi connectivity index (χ1) is 15.1. The first-order valence-corrected chi connectivity index (χ1v) is 10.9. The van der Waals surface area contributed by atoms with Gasteiger partial charge in [0.1, 0.15) is 0 Å². The number of H-pyrrole nitrogens is 1. The van der Waals surface area contributed by atoms with Gasteiger partial charge in [-0.2, -0.15) is 0 Å². The second-order valence-corrected chi connectivity index (χ2v) is 7.86. The zero-order chi connectivity index (χ0) is 21.7. The molecule has 0 spiro atoms. The number of para-hydroxylation sites is 1. The number of hydrogen-bond acceptors (Lipinski definition) is 3. The quantitative estimate of drug-likeness (QED) is 0.423. The number of aryl methyl sites for hydroxylation is 1.